The molecule has 1 aromatic rings. The lowest BCUT2D eigenvalue weighted by molar-refractivity contribution is -0.000350. The number of nitrogens with one attached hydrogen (secondary N) is 1. The van der Waals surface area contributed by atoms with Crippen molar-refractivity contribution < 1.29 is 21.1 Å². The van der Waals surface area contributed by atoms with Crippen LogP contribution in [0, 0.1) is 0 Å². The summed E-state index contributed by atoms with van der Waals surface area (Å²) in [5.41, 5.74) is 0. The number of benzene rings is 1. The van der Waals surface area contributed by atoms with Gasteiger partial charge in [0, 0.05) is 17.2 Å². The highest BCUT2D eigenvalue weighted by molar-refractivity contribution is 5.85. The van der Waals surface area contributed by atoms with Crippen molar-refractivity contribution in [3.63, 3.8) is 0 Å². The molecule has 1 atom stereocenters. The van der Waals surface area contributed by atoms with Crippen molar-refractivity contribution in [3.8, 4) is 11.5 Å². The van der Waals surface area contributed by atoms with Gasteiger partial charge in [0.1, 0.15) is 12.7 Å². The van der Waals surface area contributed by atoms with Crippen LogP contribution in [-0.4, -0.2) is 39.0 Å². The third-order valence-electron chi connectivity index (χ3n) is 2.44. The van der Waals surface area contributed by atoms with E-state index in [2.05, 4.69) is 5.32 Å². The van der Waals surface area contributed by atoms with Gasteiger partial charge in [0.2, 0.25) is 0 Å². The molecule has 1 aromatic carbocycles. The maximum atomic E-state index is 7.53. The average Bonchev–Trinajstić information content (AvgIpc) is 2.46. The topological polar surface area (TPSA) is 39.7 Å². The second kappa shape index (κ2) is 8.19. The van der Waals surface area contributed by atoms with E-state index in [0.717, 1.165) is 6.54 Å². The Labute approximate surface area is 121 Å². The summed E-state index contributed by atoms with van der Waals surface area (Å²) in [5.74, 6) is 0.331. The van der Waals surface area contributed by atoms with Gasteiger partial charge < -0.3 is 19.5 Å². The van der Waals surface area contributed by atoms with Crippen LogP contribution < -0.4 is 14.8 Å². The Morgan fingerprint density at radius 3 is 2.89 bits per heavy atom. The lowest BCUT2D eigenvalue weighted by atomic mass is 10.3. The van der Waals surface area contributed by atoms with Gasteiger partial charge >= 0.3 is 0 Å². The average molecular weight is 279 g/mol. The number of rotatable bonds is 5. The van der Waals surface area contributed by atoms with E-state index in [1.165, 1.54) is 6.07 Å². The molecule has 0 amide bonds. The summed E-state index contributed by atoms with van der Waals surface area (Å²) < 4.78 is 52.7. The van der Waals surface area contributed by atoms with E-state index in [4.69, 9.17) is 21.1 Å². The van der Waals surface area contributed by atoms with E-state index in [-0.39, 0.29) is 36.6 Å². The Morgan fingerprint density at radius 1 is 1.44 bits per heavy atom. The summed E-state index contributed by atoms with van der Waals surface area (Å²) in [4.78, 5) is 0. The summed E-state index contributed by atoms with van der Waals surface area (Å²) in [5, 5.41) is 3.17. The first-order valence-electron chi connectivity index (χ1n) is 8.03. The molecule has 1 saturated heterocycles. The molecule has 1 aliphatic rings. The number of morpholine rings is 1. The van der Waals surface area contributed by atoms with E-state index in [1.807, 2.05) is 0 Å². The molecular formula is C13H20ClNO3. The van der Waals surface area contributed by atoms with Crippen LogP contribution in [0.2, 0.25) is 0 Å². The third-order valence-corrected chi connectivity index (χ3v) is 2.44. The molecule has 4 nitrogen and oxygen atoms in total. The molecule has 5 heteroatoms. The second-order valence-electron chi connectivity index (χ2n) is 3.66. The highest BCUT2D eigenvalue weighted by atomic mass is 35.5. The second-order valence-corrected chi connectivity index (χ2v) is 3.66. The summed E-state index contributed by atoms with van der Waals surface area (Å²) in [6.45, 7) is -3.35. The Kier molecular flexibility index (Phi) is 4.10. The molecule has 0 spiro atoms. The number of ether oxygens (including phenoxy) is 3. The predicted molar refractivity (Wildman–Crippen MR) is 73.0 cm³/mol. The highest BCUT2D eigenvalue weighted by Gasteiger charge is 2.14. The monoisotopic (exact) mass is 278 g/mol. The molecule has 0 unspecified atom stereocenters. The SMILES string of the molecule is Cl.[2H]C([2H])([2H])C([2H])([2H])Oc1ccccc1OC[C@H]1CNCCO1. The molecule has 102 valence electrons. The van der Waals surface area contributed by atoms with E-state index < -0.39 is 13.4 Å². The van der Waals surface area contributed by atoms with Gasteiger partial charge in [-0.3, -0.25) is 0 Å². The lowest BCUT2D eigenvalue weighted by Gasteiger charge is -2.24. The van der Waals surface area contributed by atoms with Gasteiger partial charge in [-0.05, 0) is 19.0 Å². The van der Waals surface area contributed by atoms with Crippen LogP contribution in [0.1, 0.15) is 13.7 Å². The number of hydrogen-bond donors (Lipinski definition) is 1. The van der Waals surface area contributed by atoms with Crippen molar-refractivity contribution in [3.05, 3.63) is 24.3 Å². The molecule has 1 aliphatic heterocycles. The minimum absolute atomic E-state index is 0. The largest absolute Gasteiger partial charge is 0.490 e. The summed E-state index contributed by atoms with van der Waals surface area (Å²) in [6, 6.07) is 6.39. The minimum Gasteiger partial charge on any atom is -0.490 e. The van der Waals surface area contributed by atoms with E-state index in [9.17, 15) is 0 Å². The zero-order valence-electron chi connectivity index (χ0n) is 14.8. The Hall–Kier alpha value is -0.970. The van der Waals surface area contributed by atoms with Crippen LogP contribution >= 0.6 is 12.4 Å². The van der Waals surface area contributed by atoms with Gasteiger partial charge in [0.25, 0.3) is 0 Å². The van der Waals surface area contributed by atoms with Crippen molar-refractivity contribution in [2.75, 3.05) is 32.9 Å². The summed E-state index contributed by atoms with van der Waals surface area (Å²) >= 11 is 0. The molecule has 0 aliphatic carbocycles. The standard InChI is InChI=1S/C13H19NO3.ClH/c1-2-15-12-5-3-4-6-13(12)17-10-11-9-14-7-8-16-11;/h3-6,11,14H,2,7-10H2,1H3;1H/t11-;/m1./s1/i1D3,2D2;. The van der Waals surface area contributed by atoms with Crippen LogP contribution in [0.25, 0.3) is 0 Å². The molecule has 0 saturated carbocycles. The lowest BCUT2D eigenvalue weighted by Crippen LogP contribution is -2.41. The van der Waals surface area contributed by atoms with Gasteiger partial charge in [-0.15, -0.1) is 12.4 Å². The number of hydrogen-bond acceptors (Lipinski definition) is 4. The fraction of sp³-hybridized carbons (Fsp3) is 0.538. The predicted octanol–water partition coefficient (Wildman–Crippen LogP) is 1.87. The first-order chi connectivity index (χ1) is 10.3. The first-order valence-corrected chi connectivity index (χ1v) is 5.53. The minimum atomic E-state index is -2.89. The van der Waals surface area contributed by atoms with Crippen LogP contribution in [0.15, 0.2) is 24.3 Å². The van der Waals surface area contributed by atoms with Crippen molar-refractivity contribution in [1.29, 1.82) is 0 Å². The van der Waals surface area contributed by atoms with Gasteiger partial charge in [0.15, 0.2) is 11.5 Å². The fourth-order valence-electron chi connectivity index (χ4n) is 1.62. The normalized spacial score (nSPS) is 24.4. The van der Waals surface area contributed by atoms with Gasteiger partial charge in [0.05, 0.1) is 15.9 Å². The van der Waals surface area contributed by atoms with Gasteiger partial charge in [-0.2, -0.15) is 0 Å². The maximum Gasteiger partial charge on any atom is 0.161 e. The summed E-state index contributed by atoms with van der Waals surface area (Å²) in [7, 11) is 0. The molecular weight excluding hydrogens is 254 g/mol. The van der Waals surface area contributed by atoms with Crippen LogP contribution in [0.3, 0.4) is 0 Å². The first kappa shape index (κ1) is 9.02. The number of para-hydroxylation sites is 2. The third kappa shape index (κ3) is 4.37. The van der Waals surface area contributed by atoms with E-state index in [1.54, 1.807) is 18.2 Å². The smallest absolute Gasteiger partial charge is 0.161 e. The fourth-order valence-corrected chi connectivity index (χ4v) is 1.62. The molecule has 18 heavy (non-hydrogen) atoms. The van der Waals surface area contributed by atoms with Gasteiger partial charge in [-0.1, -0.05) is 12.1 Å². The highest BCUT2D eigenvalue weighted by Crippen LogP contribution is 2.26. The Morgan fingerprint density at radius 2 is 2.22 bits per heavy atom. The maximum absolute atomic E-state index is 7.53. The van der Waals surface area contributed by atoms with Gasteiger partial charge in [-0.25, -0.2) is 0 Å². The molecule has 1 N–H and O–H groups in total. The van der Waals surface area contributed by atoms with Crippen LogP contribution in [0.4, 0.5) is 0 Å². The number of halogens is 1. The summed E-state index contributed by atoms with van der Waals surface area (Å²) in [6.07, 6.45) is -0.110. The zero-order valence-corrected chi connectivity index (χ0v) is 10.7. The van der Waals surface area contributed by atoms with E-state index in [0.29, 0.717) is 13.2 Å². The van der Waals surface area contributed by atoms with Crippen molar-refractivity contribution in [2.45, 2.75) is 13.0 Å². The van der Waals surface area contributed by atoms with Crippen molar-refractivity contribution in [2.24, 2.45) is 0 Å². The van der Waals surface area contributed by atoms with Crippen LogP contribution in [0.5, 0.6) is 11.5 Å². The quantitative estimate of drug-likeness (QED) is 0.893. The van der Waals surface area contributed by atoms with E-state index >= 15 is 0 Å². The molecule has 1 heterocycles. The Balaban J connectivity index is 0.00000264. The molecule has 0 bridgehead atoms. The zero-order chi connectivity index (χ0) is 16.2. The molecule has 0 radical (unpaired) electrons. The van der Waals surface area contributed by atoms with Crippen LogP contribution in [-0.2, 0) is 4.74 Å². The molecule has 1 fully saturated rings. The van der Waals surface area contributed by atoms with Crippen molar-refractivity contribution >= 4 is 12.4 Å². The Bertz CT molecular complexity index is 495. The van der Waals surface area contributed by atoms with Crippen molar-refractivity contribution in [1.82, 2.24) is 5.32 Å². The molecule has 2 rings (SSSR count). The molecule has 0 aromatic heterocycles.